The molecule has 1 rings (SSSR count). The Morgan fingerprint density at radius 2 is 2.43 bits per heavy atom. The Labute approximate surface area is 86.3 Å². The van der Waals surface area contributed by atoms with Gasteiger partial charge >= 0.3 is 0 Å². The van der Waals surface area contributed by atoms with Crippen LogP contribution in [0.5, 0.6) is 0 Å². The third-order valence-electron chi connectivity index (χ3n) is 2.65. The molecule has 14 heavy (non-hydrogen) atoms. The van der Waals surface area contributed by atoms with Crippen molar-refractivity contribution in [2.45, 2.75) is 38.5 Å². The van der Waals surface area contributed by atoms with Gasteiger partial charge in [-0.2, -0.15) is 0 Å². The maximum absolute atomic E-state index is 11.2. The summed E-state index contributed by atoms with van der Waals surface area (Å²) in [6.07, 6.45) is 10.4. The number of carbonyl (C=O) groups excluding carboxylic acids is 1. The van der Waals surface area contributed by atoms with E-state index in [0.29, 0.717) is 11.7 Å². The van der Waals surface area contributed by atoms with Gasteiger partial charge in [-0.25, -0.2) is 0 Å². The molecule has 1 unspecified atom stereocenters. The molecule has 80 valence electrons. The summed E-state index contributed by atoms with van der Waals surface area (Å²) in [4.78, 5) is 11.2. The van der Waals surface area contributed by atoms with E-state index in [4.69, 9.17) is 4.74 Å². The van der Waals surface area contributed by atoms with Gasteiger partial charge in [0.15, 0.2) is 0 Å². The van der Waals surface area contributed by atoms with E-state index in [1.807, 2.05) is 0 Å². The Balaban J connectivity index is 2.12. The van der Waals surface area contributed by atoms with Crippen LogP contribution >= 0.6 is 0 Å². The van der Waals surface area contributed by atoms with E-state index < -0.39 is 0 Å². The highest BCUT2D eigenvalue weighted by Gasteiger charge is 2.16. The van der Waals surface area contributed by atoms with Crippen molar-refractivity contribution >= 4 is 5.78 Å². The van der Waals surface area contributed by atoms with Crippen molar-refractivity contribution < 1.29 is 9.53 Å². The third kappa shape index (κ3) is 4.56. The zero-order valence-electron chi connectivity index (χ0n) is 9.00. The second kappa shape index (κ2) is 6.77. The van der Waals surface area contributed by atoms with Gasteiger partial charge in [0.1, 0.15) is 5.78 Å². The molecule has 0 aliphatic heterocycles. The summed E-state index contributed by atoms with van der Waals surface area (Å²) in [5.41, 5.74) is 0. The van der Waals surface area contributed by atoms with Crippen LogP contribution in [0.4, 0.5) is 0 Å². The Hall–Kier alpha value is -0.630. The lowest BCUT2D eigenvalue weighted by Gasteiger charge is -2.16. The molecule has 0 aromatic rings. The summed E-state index contributed by atoms with van der Waals surface area (Å²) >= 11 is 0. The molecule has 1 aliphatic carbocycles. The number of hydrogen-bond acceptors (Lipinski definition) is 2. The van der Waals surface area contributed by atoms with Gasteiger partial charge in [0.25, 0.3) is 0 Å². The zero-order valence-corrected chi connectivity index (χ0v) is 9.00. The molecule has 0 N–H and O–H groups in total. The second-order valence-corrected chi connectivity index (χ2v) is 3.96. The van der Waals surface area contributed by atoms with Crippen LogP contribution in [0.3, 0.4) is 0 Å². The minimum Gasteiger partial charge on any atom is -0.385 e. The number of unbranched alkanes of at least 4 members (excludes halogenated alkanes) is 1. The molecule has 0 radical (unpaired) electrons. The minimum absolute atomic E-state index is 0.433. The fourth-order valence-electron chi connectivity index (χ4n) is 1.86. The van der Waals surface area contributed by atoms with Crippen molar-refractivity contribution in [2.75, 3.05) is 13.7 Å². The molecule has 0 amide bonds. The minimum atomic E-state index is 0.433. The van der Waals surface area contributed by atoms with Crippen molar-refractivity contribution in [3.8, 4) is 0 Å². The van der Waals surface area contributed by atoms with Crippen LogP contribution in [0, 0.1) is 5.92 Å². The summed E-state index contributed by atoms with van der Waals surface area (Å²) in [6, 6.07) is 0. The van der Waals surface area contributed by atoms with Gasteiger partial charge in [-0.1, -0.05) is 12.2 Å². The van der Waals surface area contributed by atoms with Gasteiger partial charge in [0, 0.05) is 26.6 Å². The molecule has 0 heterocycles. The summed E-state index contributed by atoms with van der Waals surface area (Å²) in [5, 5.41) is 0. The number of hydrogen-bond donors (Lipinski definition) is 0. The average Bonchev–Trinajstić information content (AvgIpc) is 2.18. The van der Waals surface area contributed by atoms with Crippen LogP contribution in [0.2, 0.25) is 0 Å². The molecule has 0 aromatic carbocycles. The van der Waals surface area contributed by atoms with Crippen LogP contribution in [-0.2, 0) is 9.53 Å². The van der Waals surface area contributed by atoms with E-state index in [2.05, 4.69) is 12.2 Å². The number of ether oxygens (including phenoxy) is 1. The van der Waals surface area contributed by atoms with E-state index in [-0.39, 0.29) is 0 Å². The van der Waals surface area contributed by atoms with Crippen LogP contribution in [0.25, 0.3) is 0 Å². The van der Waals surface area contributed by atoms with Gasteiger partial charge in [0.05, 0.1) is 0 Å². The van der Waals surface area contributed by atoms with Crippen LogP contribution in [0.15, 0.2) is 12.2 Å². The largest absolute Gasteiger partial charge is 0.385 e. The van der Waals surface area contributed by atoms with Gasteiger partial charge in [0.2, 0.25) is 0 Å². The predicted octanol–water partition coefficient (Wildman–Crippen LogP) is 2.73. The van der Waals surface area contributed by atoms with E-state index >= 15 is 0 Å². The van der Waals surface area contributed by atoms with Gasteiger partial charge in [-0.15, -0.1) is 0 Å². The number of Topliss-reactive ketones (excluding diaryl/α,β-unsaturated/α-hetero) is 1. The molecule has 2 heteroatoms. The summed E-state index contributed by atoms with van der Waals surface area (Å²) in [6.45, 7) is 0.827. The molecule has 1 saturated carbocycles. The molecule has 1 atom stereocenters. The summed E-state index contributed by atoms with van der Waals surface area (Å²) in [5.74, 6) is 0.946. The second-order valence-electron chi connectivity index (χ2n) is 3.96. The average molecular weight is 196 g/mol. The fraction of sp³-hybridized carbons (Fsp3) is 0.750. The molecular weight excluding hydrogens is 176 g/mol. The quantitative estimate of drug-likeness (QED) is 0.499. The van der Waals surface area contributed by atoms with Crippen LogP contribution in [-0.4, -0.2) is 19.5 Å². The normalized spacial score (nSPS) is 23.2. The molecule has 0 bridgehead atoms. The first kappa shape index (κ1) is 11.4. The Bertz CT molecular complexity index is 196. The number of ketones is 1. The van der Waals surface area contributed by atoms with Gasteiger partial charge in [-0.3, -0.25) is 4.79 Å². The maximum atomic E-state index is 11.2. The van der Waals surface area contributed by atoms with E-state index in [1.165, 1.54) is 6.42 Å². The summed E-state index contributed by atoms with van der Waals surface area (Å²) < 4.78 is 4.96. The highest BCUT2D eigenvalue weighted by Crippen LogP contribution is 2.22. The SMILES string of the molecule is COCCCC=CC1CCCC(=O)C1. The standard InChI is InChI=1S/C12H20O2/c1-14-9-4-2-3-6-11-7-5-8-12(13)10-11/h3,6,11H,2,4-5,7-10H2,1H3. The molecule has 0 aromatic heterocycles. The van der Waals surface area contributed by atoms with Crippen molar-refractivity contribution in [3.63, 3.8) is 0 Å². The summed E-state index contributed by atoms with van der Waals surface area (Å²) in [7, 11) is 1.73. The van der Waals surface area contributed by atoms with Gasteiger partial charge < -0.3 is 4.74 Å². The number of rotatable bonds is 5. The van der Waals surface area contributed by atoms with E-state index in [0.717, 1.165) is 38.7 Å². The fourth-order valence-corrected chi connectivity index (χ4v) is 1.86. The first-order valence-electron chi connectivity index (χ1n) is 5.50. The van der Waals surface area contributed by atoms with Crippen molar-refractivity contribution in [1.29, 1.82) is 0 Å². The van der Waals surface area contributed by atoms with Gasteiger partial charge in [-0.05, 0) is 31.6 Å². The lowest BCUT2D eigenvalue weighted by Crippen LogP contribution is -2.12. The molecule has 1 aliphatic rings. The smallest absolute Gasteiger partial charge is 0.133 e. The number of allylic oxidation sites excluding steroid dienone is 2. The molecule has 1 fully saturated rings. The number of carbonyl (C=O) groups is 1. The Morgan fingerprint density at radius 3 is 3.14 bits per heavy atom. The third-order valence-corrected chi connectivity index (χ3v) is 2.65. The maximum Gasteiger partial charge on any atom is 0.133 e. The predicted molar refractivity (Wildman–Crippen MR) is 57.2 cm³/mol. The molecule has 0 saturated heterocycles. The molecular formula is C12H20O2. The lowest BCUT2D eigenvalue weighted by atomic mass is 9.88. The first-order valence-corrected chi connectivity index (χ1v) is 5.50. The van der Waals surface area contributed by atoms with Crippen molar-refractivity contribution in [1.82, 2.24) is 0 Å². The first-order chi connectivity index (χ1) is 6.83. The van der Waals surface area contributed by atoms with Crippen molar-refractivity contribution in [2.24, 2.45) is 5.92 Å². The zero-order chi connectivity index (χ0) is 10.2. The molecule has 2 nitrogen and oxygen atoms in total. The highest BCUT2D eigenvalue weighted by atomic mass is 16.5. The number of methoxy groups -OCH3 is 1. The highest BCUT2D eigenvalue weighted by molar-refractivity contribution is 5.79. The Kier molecular flexibility index (Phi) is 5.53. The molecule has 0 spiro atoms. The van der Waals surface area contributed by atoms with Crippen LogP contribution in [0.1, 0.15) is 38.5 Å². The topological polar surface area (TPSA) is 26.3 Å². The van der Waals surface area contributed by atoms with Crippen LogP contribution < -0.4 is 0 Å². The monoisotopic (exact) mass is 196 g/mol. The lowest BCUT2D eigenvalue weighted by molar-refractivity contribution is -0.121. The van der Waals surface area contributed by atoms with E-state index in [1.54, 1.807) is 7.11 Å². The van der Waals surface area contributed by atoms with Crippen molar-refractivity contribution in [3.05, 3.63) is 12.2 Å². The Morgan fingerprint density at radius 1 is 1.57 bits per heavy atom. The van der Waals surface area contributed by atoms with E-state index in [9.17, 15) is 4.79 Å².